The van der Waals surface area contributed by atoms with Gasteiger partial charge in [-0.25, -0.2) is 4.79 Å². The number of anilines is 1. The highest BCUT2D eigenvalue weighted by Crippen LogP contribution is 2.25. The first-order chi connectivity index (χ1) is 10.6. The highest BCUT2D eigenvalue weighted by molar-refractivity contribution is 5.94. The third kappa shape index (κ3) is 6.13. The summed E-state index contributed by atoms with van der Waals surface area (Å²) in [6.07, 6.45) is 6.23. The average molecular weight is 305 g/mol. The van der Waals surface area contributed by atoms with Gasteiger partial charge < -0.3 is 19.5 Å². The van der Waals surface area contributed by atoms with Crippen LogP contribution in [0.1, 0.15) is 6.92 Å². The molecule has 0 aliphatic carbocycles. The van der Waals surface area contributed by atoms with Crippen LogP contribution in [-0.4, -0.2) is 32.7 Å². The Morgan fingerprint density at radius 3 is 2.27 bits per heavy atom. The monoisotopic (exact) mass is 305 g/mol. The van der Waals surface area contributed by atoms with Crippen molar-refractivity contribution in [3.05, 3.63) is 42.5 Å². The lowest BCUT2D eigenvalue weighted by Crippen LogP contribution is -2.20. The fraction of sp³-hybridized carbons (Fsp3) is 0.250. The number of rotatable bonds is 7. The zero-order valence-corrected chi connectivity index (χ0v) is 12.8. The summed E-state index contributed by atoms with van der Waals surface area (Å²) in [5.41, 5.74) is 0.488. The van der Waals surface area contributed by atoms with Gasteiger partial charge in [-0.15, -0.1) is 0 Å². The second-order valence-corrected chi connectivity index (χ2v) is 4.14. The average Bonchev–Trinajstić information content (AvgIpc) is 2.52. The number of methoxy groups -OCH3 is 2. The molecule has 0 bridgehead atoms. The van der Waals surface area contributed by atoms with E-state index in [9.17, 15) is 9.59 Å². The molecule has 1 N–H and O–H groups in total. The van der Waals surface area contributed by atoms with Crippen LogP contribution in [0.5, 0.6) is 11.5 Å². The van der Waals surface area contributed by atoms with Crippen LogP contribution in [0.25, 0.3) is 0 Å². The van der Waals surface area contributed by atoms with E-state index in [0.29, 0.717) is 17.2 Å². The zero-order chi connectivity index (χ0) is 16.4. The van der Waals surface area contributed by atoms with Gasteiger partial charge in [0.05, 0.1) is 14.2 Å². The molecule has 0 radical (unpaired) electrons. The summed E-state index contributed by atoms with van der Waals surface area (Å²) in [6.45, 7) is 1.45. The Bertz CT molecular complexity index is 556. The number of allylic oxidation sites excluding steroid dienone is 3. The topological polar surface area (TPSA) is 73.9 Å². The number of nitrogens with one attached hydrogen (secondary N) is 1. The van der Waals surface area contributed by atoms with Gasteiger partial charge in [-0.2, -0.15) is 0 Å². The minimum absolute atomic E-state index is 0.376. The Morgan fingerprint density at radius 2 is 1.73 bits per heavy atom. The molecule has 0 fully saturated rings. The van der Waals surface area contributed by atoms with Crippen LogP contribution in [0.15, 0.2) is 42.5 Å². The summed E-state index contributed by atoms with van der Waals surface area (Å²) >= 11 is 0. The van der Waals surface area contributed by atoms with E-state index in [0.717, 1.165) is 0 Å². The van der Waals surface area contributed by atoms with Crippen molar-refractivity contribution in [2.24, 2.45) is 0 Å². The van der Waals surface area contributed by atoms with Gasteiger partial charge in [0.15, 0.2) is 6.61 Å². The first-order valence-electron chi connectivity index (χ1n) is 6.58. The second-order valence-electron chi connectivity index (χ2n) is 4.14. The van der Waals surface area contributed by atoms with Crippen molar-refractivity contribution in [1.29, 1.82) is 0 Å². The number of amides is 1. The van der Waals surface area contributed by atoms with Crippen molar-refractivity contribution >= 4 is 17.6 Å². The molecule has 1 aromatic carbocycles. The smallest absolute Gasteiger partial charge is 0.331 e. The minimum Gasteiger partial charge on any atom is -0.497 e. The molecule has 22 heavy (non-hydrogen) atoms. The summed E-state index contributed by atoms with van der Waals surface area (Å²) in [5.74, 6) is 0.0430. The number of hydrogen-bond donors (Lipinski definition) is 1. The Hall–Kier alpha value is -2.76. The molecule has 0 aliphatic heterocycles. The molecule has 0 spiro atoms. The number of benzene rings is 1. The Kier molecular flexibility index (Phi) is 7.25. The van der Waals surface area contributed by atoms with E-state index in [4.69, 9.17) is 14.2 Å². The Morgan fingerprint density at radius 1 is 1.09 bits per heavy atom. The summed E-state index contributed by atoms with van der Waals surface area (Å²) in [7, 11) is 3.03. The predicted octanol–water partition coefficient (Wildman–Crippen LogP) is 2.32. The quantitative estimate of drug-likeness (QED) is 0.475. The molecule has 0 unspecified atom stereocenters. The summed E-state index contributed by atoms with van der Waals surface area (Å²) in [4.78, 5) is 23.1. The van der Waals surface area contributed by atoms with Crippen LogP contribution in [-0.2, 0) is 14.3 Å². The van der Waals surface area contributed by atoms with Crippen molar-refractivity contribution in [2.75, 3.05) is 26.1 Å². The van der Waals surface area contributed by atoms with Crippen molar-refractivity contribution in [2.45, 2.75) is 6.92 Å². The standard InChI is InChI=1S/C16H19NO5/c1-4-5-6-7-16(19)22-11-15(18)17-12-8-13(20-2)10-14(9-12)21-3/h4-10H,11H2,1-3H3,(H,17,18). The largest absolute Gasteiger partial charge is 0.497 e. The summed E-state index contributed by atoms with van der Waals surface area (Å²) in [6, 6.07) is 4.95. The number of carbonyl (C=O) groups is 2. The fourth-order valence-corrected chi connectivity index (χ4v) is 1.51. The Balaban J connectivity index is 2.56. The number of hydrogen-bond acceptors (Lipinski definition) is 5. The van der Waals surface area contributed by atoms with Gasteiger partial charge in [0.2, 0.25) is 0 Å². The molecule has 6 heteroatoms. The molecule has 0 atom stereocenters. The van der Waals surface area contributed by atoms with Crippen LogP contribution in [0, 0.1) is 0 Å². The van der Waals surface area contributed by atoms with Gasteiger partial charge in [0.1, 0.15) is 11.5 Å². The molecule has 1 rings (SSSR count). The molecule has 0 aliphatic rings. The van der Waals surface area contributed by atoms with E-state index in [1.807, 2.05) is 6.92 Å². The lowest BCUT2D eigenvalue weighted by molar-refractivity contribution is -0.142. The van der Waals surface area contributed by atoms with Gasteiger partial charge in [0, 0.05) is 30.0 Å². The van der Waals surface area contributed by atoms with Gasteiger partial charge in [-0.05, 0) is 6.92 Å². The van der Waals surface area contributed by atoms with Gasteiger partial charge in [-0.1, -0.05) is 18.2 Å². The van der Waals surface area contributed by atoms with Crippen molar-refractivity contribution in [3.8, 4) is 11.5 Å². The number of esters is 1. The van der Waals surface area contributed by atoms with Crippen LogP contribution < -0.4 is 14.8 Å². The van der Waals surface area contributed by atoms with E-state index in [-0.39, 0.29) is 6.61 Å². The van der Waals surface area contributed by atoms with Gasteiger partial charge in [0.25, 0.3) is 5.91 Å². The lowest BCUT2D eigenvalue weighted by Gasteiger charge is -2.09. The van der Waals surface area contributed by atoms with Crippen molar-refractivity contribution < 1.29 is 23.8 Å². The molecule has 118 valence electrons. The van der Waals surface area contributed by atoms with E-state index < -0.39 is 11.9 Å². The van der Waals surface area contributed by atoms with Gasteiger partial charge >= 0.3 is 5.97 Å². The predicted molar refractivity (Wildman–Crippen MR) is 83.1 cm³/mol. The third-order valence-corrected chi connectivity index (χ3v) is 2.52. The third-order valence-electron chi connectivity index (χ3n) is 2.52. The highest BCUT2D eigenvalue weighted by atomic mass is 16.5. The normalized spacial score (nSPS) is 10.7. The van der Waals surface area contributed by atoms with Crippen LogP contribution in [0.2, 0.25) is 0 Å². The van der Waals surface area contributed by atoms with E-state index in [1.165, 1.54) is 26.4 Å². The number of carbonyl (C=O) groups excluding carboxylic acids is 2. The molecule has 1 aromatic rings. The molecule has 0 saturated carbocycles. The minimum atomic E-state index is -0.587. The first kappa shape index (κ1) is 17.3. The molecule has 1 amide bonds. The highest BCUT2D eigenvalue weighted by Gasteiger charge is 2.08. The zero-order valence-electron chi connectivity index (χ0n) is 12.8. The summed E-state index contributed by atoms with van der Waals surface area (Å²) < 4.78 is 15.0. The molecule has 0 aromatic heterocycles. The summed E-state index contributed by atoms with van der Waals surface area (Å²) in [5, 5.41) is 2.60. The molecule has 0 heterocycles. The molecular weight excluding hydrogens is 286 g/mol. The van der Waals surface area contributed by atoms with Gasteiger partial charge in [-0.3, -0.25) is 4.79 Å². The van der Waals surface area contributed by atoms with Crippen molar-refractivity contribution in [3.63, 3.8) is 0 Å². The van der Waals surface area contributed by atoms with Crippen LogP contribution in [0.3, 0.4) is 0 Å². The molecule has 0 saturated heterocycles. The van der Waals surface area contributed by atoms with E-state index in [2.05, 4.69) is 5.32 Å². The van der Waals surface area contributed by atoms with E-state index >= 15 is 0 Å². The van der Waals surface area contributed by atoms with E-state index in [1.54, 1.807) is 30.4 Å². The lowest BCUT2D eigenvalue weighted by atomic mass is 10.2. The SMILES string of the molecule is CC=CC=CC(=O)OCC(=O)Nc1cc(OC)cc(OC)c1. The molecular formula is C16H19NO5. The van der Waals surface area contributed by atoms with Crippen LogP contribution in [0.4, 0.5) is 5.69 Å². The molecule has 6 nitrogen and oxygen atoms in total. The van der Waals surface area contributed by atoms with Crippen molar-refractivity contribution in [1.82, 2.24) is 0 Å². The first-order valence-corrected chi connectivity index (χ1v) is 6.58. The maximum absolute atomic E-state index is 11.7. The second kappa shape index (κ2) is 9.23. The maximum Gasteiger partial charge on any atom is 0.331 e. The maximum atomic E-state index is 11.7. The fourth-order valence-electron chi connectivity index (χ4n) is 1.51. The van der Waals surface area contributed by atoms with Crippen LogP contribution >= 0.6 is 0 Å². The number of ether oxygens (including phenoxy) is 3. The Labute approximate surface area is 129 Å².